The number of carboxylic acid groups (broad SMARTS) is 1. The van der Waals surface area contributed by atoms with E-state index in [1.54, 1.807) is 0 Å². The topological polar surface area (TPSA) is 63.3 Å². The van der Waals surface area contributed by atoms with Gasteiger partial charge in [0.2, 0.25) is 5.71 Å². The Bertz CT molecular complexity index is 521. The maximum absolute atomic E-state index is 12.2. The van der Waals surface area contributed by atoms with Crippen molar-refractivity contribution >= 4 is 17.1 Å². The van der Waals surface area contributed by atoms with Crippen molar-refractivity contribution in [1.29, 1.82) is 0 Å². The van der Waals surface area contributed by atoms with Gasteiger partial charge in [-0.05, 0) is 12.1 Å². The molecule has 0 unspecified atom stereocenters. The highest BCUT2D eigenvalue weighted by atomic mass is 19.3. The molecule has 15 heavy (non-hydrogen) atoms. The standard InChI is InChI=1S/C9H5F2NO3/c10-7(11)6-2-4-1-5(9(13)14)3-12-8(4)15-6/h1-3,7H,(H,13,14). The Balaban J connectivity index is 2.57. The summed E-state index contributed by atoms with van der Waals surface area (Å²) in [5, 5.41) is 8.90. The zero-order chi connectivity index (χ0) is 11.0. The zero-order valence-electron chi connectivity index (χ0n) is 7.28. The van der Waals surface area contributed by atoms with Crippen molar-refractivity contribution < 1.29 is 23.1 Å². The van der Waals surface area contributed by atoms with E-state index >= 15 is 0 Å². The Morgan fingerprint density at radius 3 is 2.80 bits per heavy atom. The first kappa shape index (κ1) is 9.57. The Hall–Kier alpha value is -1.98. The number of carboxylic acids is 1. The van der Waals surface area contributed by atoms with Crippen molar-refractivity contribution in [2.45, 2.75) is 6.43 Å². The van der Waals surface area contributed by atoms with Crippen LogP contribution in [0.4, 0.5) is 8.78 Å². The number of nitrogens with zero attached hydrogens (tertiary/aromatic N) is 1. The molecule has 0 aliphatic rings. The molecular formula is C9H5F2NO3. The first-order valence-electron chi connectivity index (χ1n) is 3.99. The smallest absolute Gasteiger partial charge is 0.337 e. The second-order valence-corrected chi connectivity index (χ2v) is 2.87. The van der Waals surface area contributed by atoms with E-state index in [9.17, 15) is 13.6 Å². The van der Waals surface area contributed by atoms with Gasteiger partial charge < -0.3 is 9.52 Å². The van der Waals surface area contributed by atoms with Crippen LogP contribution in [0.1, 0.15) is 22.5 Å². The number of fused-ring (bicyclic) bond motifs is 1. The van der Waals surface area contributed by atoms with Crippen LogP contribution in [-0.2, 0) is 0 Å². The van der Waals surface area contributed by atoms with E-state index in [-0.39, 0.29) is 16.7 Å². The molecule has 0 aliphatic carbocycles. The average Bonchev–Trinajstić information content (AvgIpc) is 2.59. The minimum atomic E-state index is -2.73. The van der Waals surface area contributed by atoms with E-state index < -0.39 is 18.2 Å². The molecule has 0 spiro atoms. The summed E-state index contributed by atoms with van der Waals surface area (Å²) in [6.07, 6.45) is -1.67. The van der Waals surface area contributed by atoms with Crippen LogP contribution in [-0.4, -0.2) is 16.1 Å². The van der Waals surface area contributed by atoms with Crippen LogP contribution >= 0.6 is 0 Å². The molecule has 6 heteroatoms. The molecule has 0 fully saturated rings. The molecule has 78 valence electrons. The molecule has 2 rings (SSSR count). The molecular weight excluding hydrogens is 208 g/mol. The third-order valence-corrected chi connectivity index (χ3v) is 1.85. The van der Waals surface area contributed by atoms with E-state index in [2.05, 4.69) is 4.98 Å². The van der Waals surface area contributed by atoms with Gasteiger partial charge in [-0.3, -0.25) is 0 Å². The maximum atomic E-state index is 12.2. The van der Waals surface area contributed by atoms with Crippen LogP contribution in [0.15, 0.2) is 22.7 Å². The Kier molecular flexibility index (Phi) is 2.11. The van der Waals surface area contributed by atoms with Gasteiger partial charge in [-0.2, -0.15) is 0 Å². The average molecular weight is 213 g/mol. The van der Waals surface area contributed by atoms with Crippen LogP contribution in [0, 0.1) is 0 Å². The number of aromatic carboxylic acids is 1. The molecule has 0 bridgehead atoms. The molecule has 0 aliphatic heterocycles. The van der Waals surface area contributed by atoms with Gasteiger partial charge in [0.1, 0.15) is 0 Å². The number of furan rings is 1. The summed E-state index contributed by atoms with van der Waals surface area (Å²) < 4.78 is 29.2. The van der Waals surface area contributed by atoms with Gasteiger partial charge in [0.15, 0.2) is 5.76 Å². The van der Waals surface area contributed by atoms with E-state index in [0.29, 0.717) is 0 Å². The number of pyridine rings is 1. The molecule has 0 saturated carbocycles. The summed E-state index contributed by atoms with van der Waals surface area (Å²) >= 11 is 0. The molecule has 2 aromatic rings. The highest BCUT2D eigenvalue weighted by Crippen LogP contribution is 2.26. The minimum Gasteiger partial charge on any atom is -0.478 e. The summed E-state index contributed by atoms with van der Waals surface area (Å²) in [6, 6.07) is 2.32. The van der Waals surface area contributed by atoms with E-state index in [1.807, 2.05) is 0 Å². The highest BCUT2D eigenvalue weighted by Gasteiger charge is 2.15. The third-order valence-electron chi connectivity index (χ3n) is 1.85. The fraction of sp³-hybridized carbons (Fsp3) is 0.111. The lowest BCUT2D eigenvalue weighted by Crippen LogP contribution is -1.95. The van der Waals surface area contributed by atoms with Crippen LogP contribution in [0.5, 0.6) is 0 Å². The molecule has 0 aromatic carbocycles. The number of hydrogen-bond donors (Lipinski definition) is 1. The molecule has 2 aromatic heterocycles. The quantitative estimate of drug-likeness (QED) is 0.832. The molecule has 0 radical (unpaired) electrons. The fourth-order valence-electron chi connectivity index (χ4n) is 1.18. The number of hydrogen-bond acceptors (Lipinski definition) is 3. The SMILES string of the molecule is O=C(O)c1cnc2oc(C(F)F)cc2c1. The maximum Gasteiger partial charge on any atom is 0.337 e. The van der Waals surface area contributed by atoms with Gasteiger partial charge >= 0.3 is 5.97 Å². The molecule has 1 N–H and O–H groups in total. The molecule has 0 atom stereocenters. The molecule has 2 heterocycles. The van der Waals surface area contributed by atoms with Crippen molar-refractivity contribution in [1.82, 2.24) is 4.98 Å². The normalized spacial score (nSPS) is 11.1. The number of carbonyl (C=O) groups is 1. The van der Waals surface area contributed by atoms with Gasteiger partial charge in [-0.25, -0.2) is 18.6 Å². The Morgan fingerprint density at radius 2 is 2.20 bits per heavy atom. The second-order valence-electron chi connectivity index (χ2n) is 2.87. The Labute approximate surface area is 82.1 Å². The van der Waals surface area contributed by atoms with Crippen LogP contribution in [0.3, 0.4) is 0 Å². The largest absolute Gasteiger partial charge is 0.478 e. The van der Waals surface area contributed by atoms with Gasteiger partial charge in [0.05, 0.1) is 5.56 Å². The molecule has 0 saturated heterocycles. The number of rotatable bonds is 2. The predicted molar refractivity (Wildman–Crippen MR) is 45.9 cm³/mol. The number of alkyl halides is 2. The number of aromatic nitrogens is 1. The predicted octanol–water partition coefficient (Wildman–Crippen LogP) is 2.46. The van der Waals surface area contributed by atoms with Gasteiger partial charge in [0.25, 0.3) is 6.43 Å². The summed E-state index contributed by atoms with van der Waals surface area (Å²) in [4.78, 5) is 14.2. The van der Waals surface area contributed by atoms with E-state index in [1.165, 1.54) is 6.07 Å². The monoisotopic (exact) mass is 213 g/mol. The van der Waals surface area contributed by atoms with Crippen LogP contribution < -0.4 is 0 Å². The molecule has 4 nitrogen and oxygen atoms in total. The van der Waals surface area contributed by atoms with Crippen molar-refractivity contribution in [2.24, 2.45) is 0 Å². The summed E-state index contributed by atoms with van der Waals surface area (Å²) in [5.74, 6) is -1.68. The highest BCUT2D eigenvalue weighted by molar-refractivity contribution is 5.91. The number of halogens is 2. The third kappa shape index (κ3) is 1.65. The molecule has 0 amide bonds. The van der Waals surface area contributed by atoms with Crippen molar-refractivity contribution in [3.8, 4) is 0 Å². The van der Waals surface area contributed by atoms with Crippen molar-refractivity contribution in [2.75, 3.05) is 0 Å². The van der Waals surface area contributed by atoms with Gasteiger partial charge in [-0.15, -0.1) is 0 Å². The van der Waals surface area contributed by atoms with E-state index in [4.69, 9.17) is 9.52 Å². The fourth-order valence-corrected chi connectivity index (χ4v) is 1.18. The lowest BCUT2D eigenvalue weighted by molar-refractivity contribution is 0.0696. The second kappa shape index (κ2) is 3.30. The summed E-state index contributed by atoms with van der Waals surface area (Å²) in [6.45, 7) is 0. The summed E-state index contributed by atoms with van der Waals surface area (Å²) in [7, 11) is 0. The first-order valence-corrected chi connectivity index (χ1v) is 3.99. The lowest BCUT2D eigenvalue weighted by Gasteiger charge is -1.91. The van der Waals surface area contributed by atoms with Gasteiger partial charge in [0, 0.05) is 11.6 Å². The van der Waals surface area contributed by atoms with Crippen molar-refractivity contribution in [3.63, 3.8) is 0 Å². The zero-order valence-corrected chi connectivity index (χ0v) is 7.28. The summed E-state index contributed by atoms with van der Waals surface area (Å²) in [5.41, 5.74) is -0.0561. The van der Waals surface area contributed by atoms with Gasteiger partial charge in [-0.1, -0.05) is 0 Å². The van der Waals surface area contributed by atoms with Crippen LogP contribution in [0.2, 0.25) is 0 Å². The minimum absolute atomic E-state index is 0.00954. The van der Waals surface area contributed by atoms with Crippen LogP contribution in [0.25, 0.3) is 11.1 Å². The van der Waals surface area contributed by atoms with Crippen molar-refractivity contribution in [3.05, 3.63) is 29.7 Å². The van der Waals surface area contributed by atoms with E-state index in [0.717, 1.165) is 12.3 Å². The lowest BCUT2D eigenvalue weighted by atomic mass is 10.2. The Morgan fingerprint density at radius 1 is 1.47 bits per heavy atom. The first-order chi connectivity index (χ1) is 7.08.